The number of benzene rings is 1. The lowest BCUT2D eigenvalue weighted by molar-refractivity contribution is 0.0745. The van der Waals surface area contributed by atoms with Crippen LogP contribution in [0.5, 0.6) is 0 Å². The topological polar surface area (TPSA) is 20.3 Å². The number of hydrogen-bond acceptors (Lipinski definition) is 1. The first kappa shape index (κ1) is 11.1. The molecule has 0 unspecified atom stereocenters. The van der Waals surface area contributed by atoms with Gasteiger partial charge in [-0.25, -0.2) is 4.39 Å². The van der Waals surface area contributed by atoms with Gasteiger partial charge < -0.3 is 4.90 Å². The minimum Gasteiger partial charge on any atom is -0.341 e. The van der Waals surface area contributed by atoms with Gasteiger partial charge in [-0.1, -0.05) is 6.42 Å². The summed E-state index contributed by atoms with van der Waals surface area (Å²) in [4.78, 5) is 13.7. The second-order valence-electron chi connectivity index (χ2n) is 4.49. The molecule has 0 aromatic heterocycles. The van der Waals surface area contributed by atoms with Gasteiger partial charge in [0.2, 0.25) is 0 Å². The van der Waals surface area contributed by atoms with Crippen LogP contribution in [0.4, 0.5) is 4.39 Å². The van der Waals surface area contributed by atoms with Gasteiger partial charge >= 0.3 is 0 Å². The van der Waals surface area contributed by atoms with E-state index in [-0.39, 0.29) is 11.7 Å². The average Bonchev–Trinajstić information content (AvgIpc) is 2.23. The predicted octanol–water partition coefficient (Wildman–Crippen LogP) is 2.70. The van der Waals surface area contributed by atoms with E-state index in [1.807, 2.05) is 7.05 Å². The maximum absolute atomic E-state index is 12.7. The van der Waals surface area contributed by atoms with Crippen LogP contribution in [0.15, 0.2) is 24.3 Å². The number of hydrogen-bond donors (Lipinski definition) is 0. The fourth-order valence-electron chi connectivity index (χ4n) is 1.96. The zero-order valence-electron chi connectivity index (χ0n) is 9.45. The van der Waals surface area contributed by atoms with Crippen molar-refractivity contribution < 1.29 is 9.18 Å². The summed E-state index contributed by atoms with van der Waals surface area (Å²) in [5.74, 6) is 0.333. The van der Waals surface area contributed by atoms with Gasteiger partial charge in [-0.3, -0.25) is 4.79 Å². The second-order valence-corrected chi connectivity index (χ2v) is 4.49. The molecule has 86 valence electrons. The van der Waals surface area contributed by atoms with Gasteiger partial charge in [-0.15, -0.1) is 0 Å². The zero-order valence-corrected chi connectivity index (χ0v) is 9.45. The third-order valence-corrected chi connectivity index (χ3v) is 3.19. The van der Waals surface area contributed by atoms with Crippen LogP contribution in [0.2, 0.25) is 0 Å². The van der Waals surface area contributed by atoms with Crippen LogP contribution in [0.3, 0.4) is 0 Å². The van der Waals surface area contributed by atoms with Crippen molar-refractivity contribution in [3.8, 4) is 0 Å². The van der Waals surface area contributed by atoms with E-state index < -0.39 is 0 Å². The van der Waals surface area contributed by atoms with Crippen LogP contribution in [-0.4, -0.2) is 24.4 Å². The van der Waals surface area contributed by atoms with Crippen LogP contribution in [0, 0.1) is 11.7 Å². The Labute approximate surface area is 95.1 Å². The molecule has 1 fully saturated rings. The first-order chi connectivity index (χ1) is 7.66. The molecule has 1 amide bonds. The smallest absolute Gasteiger partial charge is 0.253 e. The number of rotatable bonds is 3. The molecule has 1 aliphatic rings. The summed E-state index contributed by atoms with van der Waals surface area (Å²) in [6, 6.07) is 5.72. The number of amides is 1. The highest BCUT2D eigenvalue weighted by Gasteiger charge is 2.21. The van der Waals surface area contributed by atoms with Crippen LogP contribution < -0.4 is 0 Å². The number of nitrogens with zero attached hydrogens (tertiary/aromatic N) is 1. The summed E-state index contributed by atoms with van der Waals surface area (Å²) in [5, 5.41) is 0. The Balaban J connectivity index is 1.97. The van der Waals surface area contributed by atoms with Crippen LogP contribution in [0.25, 0.3) is 0 Å². The Morgan fingerprint density at radius 3 is 2.50 bits per heavy atom. The van der Waals surface area contributed by atoms with Crippen molar-refractivity contribution in [2.75, 3.05) is 13.6 Å². The minimum absolute atomic E-state index is 0.0214. The predicted molar refractivity (Wildman–Crippen MR) is 60.7 cm³/mol. The van der Waals surface area contributed by atoms with Gasteiger partial charge in [0.1, 0.15) is 5.82 Å². The van der Waals surface area contributed by atoms with Crippen molar-refractivity contribution in [3.63, 3.8) is 0 Å². The molecular weight excluding hydrogens is 205 g/mol. The number of carbonyl (C=O) groups excluding carboxylic acids is 1. The van der Waals surface area contributed by atoms with Crippen molar-refractivity contribution in [2.24, 2.45) is 5.92 Å². The lowest BCUT2D eigenvalue weighted by atomic mass is 9.85. The van der Waals surface area contributed by atoms with Crippen molar-refractivity contribution in [3.05, 3.63) is 35.6 Å². The molecule has 3 heteroatoms. The largest absolute Gasteiger partial charge is 0.341 e. The van der Waals surface area contributed by atoms with Gasteiger partial charge in [-0.05, 0) is 43.0 Å². The molecule has 16 heavy (non-hydrogen) atoms. The molecule has 1 aliphatic carbocycles. The SMILES string of the molecule is CN(CC1CCC1)C(=O)c1ccc(F)cc1. The quantitative estimate of drug-likeness (QED) is 0.768. The van der Waals surface area contributed by atoms with E-state index in [4.69, 9.17) is 0 Å². The summed E-state index contributed by atoms with van der Waals surface area (Å²) in [6.07, 6.45) is 3.73. The minimum atomic E-state index is -0.307. The molecule has 0 spiro atoms. The summed E-state index contributed by atoms with van der Waals surface area (Å²) in [6.45, 7) is 0.816. The molecule has 0 radical (unpaired) electrons. The highest BCUT2D eigenvalue weighted by Crippen LogP contribution is 2.27. The first-order valence-electron chi connectivity index (χ1n) is 5.68. The van der Waals surface area contributed by atoms with Crippen molar-refractivity contribution in [1.29, 1.82) is 0 Å². The fraction of sp³-hybridized carbons (Fsp3) is 0.462. The highest BCUT2D eigenvalue weighted by atomic mass is 19.1. The Hall–Kier alpha value is -1.38. The summed E-state index contributed by atoms with van der Waals surface area (Å²) >= 11 is 0. The molecule has 0 saturated heterocycles. The number of halogens is 1. The zero-order chi connectivity index (χ0) is 11.5. The molecule has 0 bridgehead atoms. The van der Waals surface area contributed by atoms with E-state index in [9.17, 15) is 9.18 Å². The fourth-order valence-corrected chi connectivity index (χ4v) is 1.96. The molecule has 1 aromatic rings. The van der Waals surface area contributed by atoms with Crippen molar-refractivity contribution in [2.45, 2.75) is 19.3 Å². The van der Waals surface area contributed by atoms with Gasteiger partial charge in [0, 0.05) is 19.2 Å². The lowest BCUT2D eigenvalue weighted by Crippen LogP contribution is -2.34. The third-order valence-electron chi connectivity index (χ3n) is 3.19. The Kier molecular flexibility index (Phi) is 3.22. The normalized spacial score (nSPS) is 15.6. The molecule has 1 saturated carbocycles. The Morgan fingerprint density at radius 1 is 1.38 bits per heavy atom. The van der Waals surface area contributed by atoms with E-state index >= 15 is 0 Å². The molecule has 0 heterocycles. The van der Waals surface area contributed by atoms with E-state index in [1.54, 1.807) is 4.90 Å². The second kappa shape index (κ2) is 4.64. The Morgan fingerprint density at radius 2 is 2.00 bits per heavy atom. The van der Waals surface area contributed by atoms with Crippen molar-refractivity contribution >= 4 is 5.91 Å². The molecule has 0 aliphatic heterocycles. The maximum atomic E-state index is 12.7. The molecule has 2 nitrogen and oxygen atoms in total. The van der Waals surface area contributed by atoms with E-state index in [2.05, 4.69) is 0 Å². The first-order valence-corrected chi connectivity index (χ1v) is 5.68. The monoisotopic (exact) mass is 221 g/mol. The van der Waals surface area contributed by atoms with Crippen molar-refractivity contribution in [1.82, 2.24) is 4.90 Å². The Bertz CT molecular complexity index is 370. The van der Waals surface area contributed by atoms with Crippen LogP contribution in [-0.2, 0) is 0 Å². The molecular formula is C13H16FNO. The molecule has 0 atom stereocenters. The van der Waals surface area contributed by atoms with Crippen LogP contribution >= 0.6 is 0 Å². The molecule has 1 aromatic carbocycles. The van der Waals surface area contributed by atoms with Gasteiger partial charge in [0.15, 0.2) is 0 Å². The van der Waals surface area contributed by atoms with Gasteiger partial charge in [0.25, 0.3) is 5.91 Å². The van der Waals surface area contributed by atoms with Gasteiger partial charge in [0.05, 0.1) is 0 Å². The summed E-state index contributed by atoms with van der Waals surface area (Å²) in [7, 11) is 1.81. The van der Waals surface area contributed by atoms with E-state index in [0.717, 1.165) is 6.54 Å². The summed E-state index contributed by atoms with van der Waals surface area (Å²) < 4.78 is 12.7. The van der Waals surface area contributed by atoms with E-state index in [1.165, 1.54) is 43.5 Å². The van der Waals surface area contributed by atoms with Crippen LogP contribution in [0.1, 0.15) is 29.6 Å². The third kappa shape index (κ3) is 2.40. The standard InChI is InChI=1S/C13H16FNO/c1-15(9-10-3-2-4-10)13(16)11-5-7-12(14)8-6-11/h5-8,10H,2-4,9H2,1H3. The van der Waals surface area contributed by atoms with Gasteiger partial charge in [-0.2, -0.15) is 0 Å². The maximum Gasteiger partial charge on any atom is 0.253 e. The average molecular weight is 221 g/mol. The summed E-state index contributed by atoms with van der Waals surface area (Å²) in [5.41, 5.74) is 0.559. The number of carbonyl (C=O) groups is 1. The van der Waals surface area contributed by atoms with E-state index in [0.29, 0.717) is 11.5 Å². The highest BCUT2D eigenvalue weighted by molar-refractivity contribution is 5.94. The molecule has 0 N–H and O–H groups in total. The molecule has 2 rings (SSSR count). The lowest BCUT2D eigenvalue weighted by Gasteiger charge is -2.30.